The molecule has 1 amide bonds. The van der Waals surface area contributed by atoms with Gasteiger partial charge in [0.15, 0.2) is 0 Å². The second-order valence-corrected chi connectivity index (χ2v) is 8.56. The fraction of sp³-hybridized carbons (Fsp3) is 0.333. The molecule has 0 aliphatic heterocycles. The van der Waals surface area contributed by atoms with Crippen molar-refractivity contribution in [2.75, 3.05) is 5.75 Å². The van der Waals surface area contributed by atoms with Crippen molar-refractivity contribution in [1.82, 2.24) is 15.5 Å². The first-order chi connectivity index (χ1) is 14.5. The number of thioether (sulfide) groups is 1. The monoisotopic (exact) mass is 445 g/mol. The van der Waals surface area contributed by atoms with Crippen LogP contribution in [0.3, 0.4) is 0 Å². The molecule has 30 heavy (non-hydrogen) atoms. The number of carbonyl (C=O) groups is 2. The number of rotatable bonds is 10. The Kier molecular flexibility index (Phi) is 8.04. The lowest BCUT2D eigenvalue weighted by atomic mass is 10.2. The van der Waals surface area contributed by atoms with Gasteiger partial charge in [0.2, 0.25) is 5.91 Å². The average Bonchev–Trinajstić information content (AvgIpc) is 3.32. The average molecular weight is 446 g/mol. The van der Waals surface area contributed by atoms with Gasteiger partial charge in [-0.2, -0.15) is 0 Å². The number of thiazole rings is 1. The molecule has 7 nitrogen and oxygen atoms in total. The molecule has 0 bridgehead atoms. The smallest absolute Gasteiger partial charge is 0.316 e. The fourth-order valence-corrected chi connectivity index (χ4v) is 4.38. The maximum absolute atomic E-state index is 12.1. The first-order valence-electron chi connectivity index (χ1n) is 9.40. The van der Waals surface area contributed by atoms with Crippen LogP contribution in [0.2, 0.25) is 0 Å². The number of nitrogens with one attached hydrogen (secondary N) is 1. The molecule has 0 saturated heterocycles. The lowest BCUT2D eigenvalue weighted by molar-refractivity contribution is -0.141. The maximum atomic E-state index is 12.1. The van der Waals surface area contributed by atoms with E-state index in [2.05, 4.69) is 15.5 Å². The van der Waals surface area contributed by atoms with E-state index < -0.39 is 0 Å². The van der Waals surface area contributed by atoms with Gasteiger partial charge in [0.05, 0.1) is 23.6 Å². The standard InChI is InChI=1S/C21H23N3O4S2/c1-14-18(15(2)28-24-14)12-29-13-21(26)27-10-17-11-30-20(23-17)8-19(25)22-9-16-6-4-3-5-7-16/h3-7,11H,8-10,12-13H2,1-2H3,(H,22,25). The van der Waals surface area contributed by atoms with Gasteiger partial charge in [-0.1, -0.05) is 35.5 Å². The Hall–Kier alpha value is -2.65. The number of esters is 1. The summed E-state index contributed by atoms with van der Waals surface area (Å²) in [5.74, 6) is 1.27. The zero-order valence-corrected chi connectivity index (χ0v) is 18.5. The van der Waals surface area contributed by atoms with Gasteiger partial charge >= 0.3 is 5.97 Å². The molecule has 0 unspecified atom stereocenters. The summed E-state index contributed by atoms with van der Waals surface area (Å²) < 4.78 is 10.4. The van der Waals surface area contributed by atoms with E-state index in [1.54, 1.807) is 0 Å². The van der Waals surface area contributed by atoms with E-state index in [-0.39, 0.29) is 30.7 Å². The van der Waals surface area contributed by atoms with Crippen LogP contribution in [0.4, 0.5) is 0 Å². The molecule has 1 aromatic carbocycles. The van der Waals surface area contributed by atoms with Gasteiger partial charge < -0.3 is 14.6 Å². The van der Waals surface area contributed by atoms with Gasteiger partial charge in [-0.05, 0) is 19.4 Å². The van der Waals surface area contributed by atoms with E-state index in [0.717, 1.165) is 22.6 Å². The third kappa shape index (κ3) is 6.70. The summed E-state index contributed by atoms with van der Waals surface area (Å²) in [7, 11) is 0. The molecule has 0 aliphatic rings. The molecule has 3 rings (SSSR count). The molecule has 0 saturated carbocycles. The van der Waals surface area contributed by atoms with E-state index in [1.807, 2.05) is 49.6 Å². The largest absolute Gasteiger partial charge is 0.459 e. The van der Waals surface area contributed by atoms with Crippen LogP contribution < -0.4 is 5.32 Å². The molecule has 2 aromatic heterocycles. The van der Waals surface area contributed by atoms with Crippen molar-refractivity contribution < 1.29 is 18.8 Å². The summed E-state index contributed by atoms with van der Waals surface area (Å²) in [6.45, 7) is 4.33. The number of nitrogens with zero attached hydrogens (tertiary/aromatic N) is 2. The molecule has 2 heterocycles. The first-order valence-corrected chi connectivity index (χ1v) is 11.4. The Morgan fingerprint density at radius 2 is 2.03 bits per heavy atom. The lowest BCUT2D eigenvalue weighted by Crippen LogP contribution is -2.24. The topological polar surface area (TPSA) is 94.3 Å². The van der Waals surface area contributed by atoms with Crippen molar-refractivity contribution in [2.45, 2.75) is 39.2 Å². The summed E-state index contributed by atoms with van der Waals surface area (Å²) in [4.78, 5) is 28.4. The summed E-state index contributed by atoms with van der Waals surface area (Å²) >= 11 is 2.84. The van der Waals surface area contributed by atoms with Crippen molar-refractivity contribution in [3.8, 4) is 0 Å². The van der Waals surface area contributed by atoms with E-state index >= 15 is 0 Å². The second-order valence-electron chi connectivity index (χ2n) is 6.63. The zero-order chi connectivity index (χ0) is 21.3. The molecule has 0 aliphatic carbocycles. The van der Waals surface area contributed by atoms with E-state index in [1.165, 1.54) is 23.1 Å². The number of aryl methyl sites for hydroxylation is 2. The molecule has 158 valence electrons. The highest BCUT2D eigenvalue weighted by atomic mass is 32.2. The van der Waals surface area contributed by atoms with Gasteiger partial charge in [-0.3, -0.25) is 9.59 Å². The van der Waals surface area contributed by atoms with Gasteiger partial charge in [0.25, 0.3) is 0 Å². The van der Waals surface area contributed by atoms with Gasteiger partial charge in [-0.25, -0.2) is 4.98 Å². The zero-order valence-electron chi connectivity index (χ0n) is 16.8. The Labute approximate surface area is 183 Å². The third-order valence-electron chi connectivity index (χ3n) is 4.27. The molecule has 9 heteroatoms. The number of ether oxygens (including phenoxy) is 1. The summed E-state index contributed by atoms with van der Waals surface area (Å²) in [5.41, 5.74) is 3.55. The number of benzene rings is 1. The normalized spacial score (nSPS) is 10.7. The first kappa shape index (κ1) is 22.0. The quantitative estimate of drug-likeness (QED) is 0.477. The summed E-state index contributed by atoms with van der Waals surface area (Å²) in [6.07, 6.45) is 0.207. The van der Waals surface area contributed by atoms with Crippen molar-refractivity contribution in [2.24, 2.45) is 0 Å². The Bertz CT molecular complexity index is 966. The number of aromatic nitrogens is 2. The Morgan fingerprint density at radius 3 is 2.77 bits per heavy atom. The lowest BCUT2D eigenvalue weighted by Gasteiger charge is -2.04. The molecular weight excluding hydrogens is 422 g/mol. The van der Waals surface area contributed by atoms with Gasteiger partial charge in [0, 0.05) is 23.2 Å². The van der Waals surface area contributed by atoms with Crippen molar-refractivity contribution in [3.05, 3.63) is 69.0 Å². The molecule has 1 N–H and O–H groups in total. The van der Waals surface area contributed by atoms with Gasteiger partial charge in [0.1, 0.15) is 17.4 Å². The molecule has 0 radical (unpaired) electrons. The Morgan fingerprint density at radius 1 is 1.23 bits per heavy atom. The number of hydrogen-bond acceptors (Lipinski definition) is 8. The maximum Gasteiger partial charge on any atom is 0.316 e. The van der Waals surface area contributed by atoms with Crippen LogP contribution in [-0.4, -0.2) is 27.8 Å². The SMILES string of the molecule is Cc1noc(C)c1CSCC(=O)OCc1csc(CC(=O)NCc2ccccc2)n1. The summed E-state index contributed by atoms with van der Waals surface area (Å²) in [5, 5.41) is 9.28. The molecule has 3 aromatic rings. The number of hydrogen-bond donors (Lipinski definition) is 1. The van der Waals surface area contributed by atoms with Crippen LogP contribution in [0.25, 0.3) is 0 Å². The number of carbonyl (C=O) groups excluding carboxylic acids is 2. The highest BCUT2D eigenvalue weighted by Gasteiger charge is 2.12. The van der Waals surface area contributed by atoms with E-state index in [0.29, 0.717) is 23.0 Å². The molecule has 0 atom stereocenters. The van der Waals surface area contributed by atoms with Crippen LogP contribution in [0.1, 0.15) is 33.3 Å². The van der Waals surface area contributed by atoms with E-state index in [9.17, 15) is 9.59 Å². The highest BCUT2D eigenvalue weighted by molar-refractivity contribution is 7.99. The molecular formula is C21H23N3O4S2. The third-order valence-corrected chi connectivity index (χ3v) is 6.10. The van der Waals surface area contributed by atoms with Crippen LogP contribution in [-0.2, 0) is 39.7 Å². The van der Waals surface area contributed by atoms with Crippen LogP contribution in [0, 0.1) is 13.8 Å². The predicted molar refractivity (Wildman–Crippen MR) is 116 cm³/mol. The van der Waals surface area contributed by atoms with Crippen LogP contribution in [0.15, 0.2) is 40.2 Å². The van der Waals surface area contributed by atoms with Crippen molar-refractivity contribution in [1.29, 1.82) is 0 Å². The summed E-state index contributed by atoms with van der Waals surface area (Å²) in [6, 6.07) is 9.73. The van der Waals surface area contributed by atoms with Crippen molar-refractivity contribution in [3.63, 3.8) is 0 Å². The van der Waals surface area contributed by atoms with E-state index in [4.69, 9.17) is 9.26 Å². The van der Waals surface area contributed by atoms with Crippen molar-refractivity contribution >= 4 is 35.0 Å². The molecule has 0 spiro atoms. The minimum Gasteiger partial charge on any atom is -0.459 e. The minimum absolute atomic E-state index is 0.0903. The van der Waals surface area contributed by atoms with Gasteiger partial charge in [-0.15, -0.1) is 23.1 Å². The number of amides is 1. The molecule has 0 fully saturated rings. The predicted octanol–water partition coefficient (Wildman–Crippen LogP) is 3.58. The highest BCUT2D eigenvalue weighted by Crippen LogP contribution is 2.19. The van der Waals surface area contributed by atoms with Crippen LogP contribution >= 0.6 is 23.1 Å². The minimum atomic E-state index is -0.304. The van der Waals surface area contributed by atoms with Crippen LogP contribution in [0.5, 0.6) is 0 Å². The second kappa shape index (κ2) is 10.9. The fourth-order valence-electron chi connectivity index (χ4n) is 2.63. The Balaban J connectivity index is 1.35.